The van der Waals surface area contributed by atoms with Gasteiger partial charge in [0.25, 0.3) is 0 Å². The predicted octanol–water partition coefficient (Wildman–Crippen LogP) is 10.6. The number of thiophene rings is 1. The number of para-hydroxylation sites is 1. The second-order valence-electron chi connectivity index (χ2n) is 10.8. The number of benzene rings is 5. The van der Waals surface area contributed by atoms with Crippen molar-refractivity contribution < 1.29 is 20.1 Å². The number of hydrogen-bond donors (Lipinski definition) is 0. The number of nitrogens with zero attached hydrogens (tertiary/aromatic N) is 3. The molecule has 10 aromatic rings. The van der Waals surface area contributed by atoms with Crippen LogP contribution >= 0.6 is 11.3 Å². The van der Waals surface area contributed by atoms with Crippen molar-refractivity contribution in [3.05, 3.63) is 152 Å². The monoisotopic (exact) mass is 770 g/mol. The van der Waals surface area contributed by atoms with Crippen LogP contribution in [-0.4, -0.2) is 14.4 Å². The first-order chi connectivity index (χ1) is 21.8. The van der Waals surface area contributed by atoms with E-state index in [1.165, 1.54) is 58.3 Å². The van der Waals surface area contributed by atoms with Gasteiger partial charge in [0, 0.05) is 58.7 Å². The standard InChI is InChI=1S/C29H15N2S.C11H8N.Ir/c1-2-10-26-18(6-1)22-13-12-21-19-7-5-8-20-23-16-17(24-9-3-4-15-30-24)11-14-25(23)31(27(19)20)28(21)29(22)32-26;1-2-6-10(7-3-1)11-8-4-5-9-12-11;/h1-10,12-16H;1-6,8-9H;/q2*-1;. The van der Waals surface area contributed by atoms with E-state index in [2.05, 4.69) is 93.2 Å². The second-order valence-corrected chi connectivity index (χ2v) is 11.9. The van der Waals surface area contributed by atoms with E-state index in [4.69, 9.17) is 0 Å². The van der Waals surface area contributed by atoms with Crippen LogP contribution in [0.15, 0.2) is 140 Å². The molecule has 3 nitrogen and oxygen atoms in total. The average Bonchev–Trinajstić information content (AvgIpc) is 3.76. The summed E-state index contributed by atoms with van der Waals surface area (Å²) in [4.78, 5) is 8.76. The van der Waals surface area contributed by atoms with Crippen LogP contribution in [0.25, 0.3) is 80.8 Å². The normalized spacial score (nSPS) is 11.4. The molecule has 0 bridgehead atoms. The van der Waals surface area contributed by atoms with E-state index >= 15 is 0 Å². The summed E-state index contributed by atoms with van der Waals surface area (Å²) in [6.07, 6.45) is 3.63. The molecule has 0 atom stereocenters. The molecule has 0 aliphatic rings. The van der Waals surface area contributed by atoms with E-state index in [1.807, 2.05) is 78.2 Å². The maximum atomic E-state index is 4.54. The molecule has 5 aromatic heterocycles. The Balaban J connectivity index is 0.000000196. The van der Waals surface area contributed by atoms with Crippen molar-refractivity contribution >= 4 is 69.6 Å². The molecule has 0 amide bonds. The summed E-state index contributed by atoms with van der Waals surface area (Å²) >= 11 is 1.89. The minimum Gasteiger partial charge on any atom is -0.348 e. The van der Waals surface area contributed by atoms with Gasteiger partial charge in [-0.3, -0.25) is 0 Å². The molecule has 0 spiro atoms. The zero-order valence-corrected chi connectivity index (χ0v) is 27.1. The van der Waals surface area contributed by atoms with E-state index in [1.54, 1.807) is 6.20 Å². The maximum absolute atomic E-state index is 4.54. The van der Waals surface area contributed by atoms with E-state index in [0.717, 1.165) is 22.5 Å². The molecule has 5 heterocycles. The van der Waals surface area contributed by atoms with Gasteiger partial charge in [-0.2, -0.15) is 0 Å². The zero-order chi connectivity index (χ0) is 29.0. The minimum absolute atomic E-state index is 0. The molecule has 0 fully saturated rings. The molecule has 0 aliphatic heterocycles. The van der Waals surface area contributed by atoms with Crippen LogP contribution in [0.3, 0.4) is 0 Å². The van der Waals surface area contributed by atoms with Crippen molar-refractivity contribution in [2.24, 2.45) is 0 Å². The van der Waals surface area contributed by atoms with Crippen molar-refractivity contribution in [2.75, 3.05) is 0 Å². The molecule has 0 N–H and O–H groups in total. The molecule has 10 rings (SSSR count). The van der Waals surface area contributed by atoms with Gasteiger partial charge < -0.3 is 14.4 Å². The van der Waals surface area contributed by atoms with Gasteiger partial charge in [0.15, 0.2) is 0 Å². The van der Waals surface area contributed by atoms with Crippen molar-refractivity contribution in [1.29, 1.82) is 0 Å². The summed E-state index contributed by atoms with van der Waals surface area (Å²) in [6.45, 7) is 0. The quantitative estimate of drug-likeness (QED) is 0.164. The number of rotatable bonds is 2. The van der Waals surface area contributed by atoms with Gasteiger partial charge >= 0.3 is 0 Å². The summed E-state index contributed by atoms with van der Waals surface area (Å²) in [6, 6.07) is 50.7. The SMILES string of the molecule is [Ir].[c-]1cc2c(cc1-c1ccccn1)c1cccc3c4ccc5c6ccccc6sc5c4n2c13.[c-]1ccccc1-c1ccccn1. The Hall–Kier alpha value is -4.93. The van der Waals surface area contributed by atoms with Crippen molar-refractivity contribution in [2.45, 2.75) is 0 Å². The smallest absolute Gasteiger partial charge is 0.0634 e. The fourth-order valence-corrected chi connectivity index (χ4v) is 7.66. The predicted molar refractivity (Wildman–Crippen MR) is 185 cm³/mol. The summed E-state index contributed by atoms with van der Waals surface area (Å²) in [5.74, 6) is 0. The first-order valence-corrected chi connectivity index (χ1v) is 15.4. The van der Waals surface area contributed by atoms with E-state index < -0.39 is 0 Å². The number of aromatic nitrogens is 3. The van der Waals surface area contributed by atoms with Gasteiger partial charge in [-0.05, 0) is 40.5 Å². The Labute approximate surface area is 277 Å². The first-order valence-electron chi connectivity index (χ1n) is 14.6. The summed E-state index contributed by atoms with van der Waals surface area (Å²) < 4.78 is 5.15. The summed E-state index contributed by atoms with van der Waals surface area (Å²) in [5.41, 5.74) is 7.81. The van der Waals surface area contributed by atoms with E-state index in [9.17, 15) is 0 Å². The Bertz CT molecular complexity index is 2550. The molecule has 45 heavy (non-hydrogen) atoms. The van der Waals surface area contributed by atoms with E-state index in [0.29, 0.717) is 0 Å². The van der Waals surface area contributed by atoms with Gasteiger partial charge in [-0.15, -0.1) is 71.0 Å². The van der Waals surface area contributed by atoms with Crippen LogP contribution < -0.4 is 0 Å². The van der Waals surface area contributed by atoms with Crippen LogP contribution in [0.2, 0.25) is 0 Å². The minimum atomic E-state index is 0. The van der Waals surface area contributed by atoms with Crippen LogP contribution in [0, 0.1) is 12.1 Å². The third-order valence-electron chi connectivity index (χ3n) is 8.34. The molecule has 0 aliphatic carbocycles. The summed E-state index contributed by atoms with van der Waals surface area (Å²) in [7, 11) is 0. The Morgan fingerprint density at radius 2 is 1.20 bits per heavy atom. The van der Waals surface area contributed by atoms with Gasteiger partial charge in [0.1, 0.15) is 0 Å². The third kappa shape index (κ3) is 4.43. The van der Waals surface area contributed by atoms with Crippen LogP contribution in [0.4, 0.5) is 0 Å². The summed E-state index contributed by atoms with van der Waals surface area (Å²) in [5, 5.41) is 7.84. The van der Waals surface area contributed by atoms with Crippen LogP contribution in [0.1, 0.15) is 0 Å². The molecule has 0 saturated carbocycles. The fourth-order valence-electron chi connectivity index (χ4n) is 6.42. The molecule has 0 unspecified atom stereocenters. The van der Waals surface area contributed by atoms with Gasteiger partial charge in [-0.25, -0.2) is 0 Å². The number of hydrogen-bond acceptors (Lipinski definition) is 3. The van der Waals surface area contributed by atoms with Gasteiger partial charge in [-0.1, -0.05) is 78.2 Å². The molecular formula is C40H23IrN3S-2. The van der Waals surface area contributed by atoms with Crippen LogP contribution in [-0.2, 0) is 20.1 Å². The van der Waals surface area contributed by atoms with Crippen molar-refractivity contribution in [3.8, 4) is 22.5 Å². The number of pyridine rings is 2. The van der Waals surface area contributed by atoms with Crippen molar-refractivity contribution in [1.82, 2.24) is 14.4 Å². The Kier molecular flexibility index (Phi) is 6.88. The van der Waals surface area contributed by atoms with Crippen molar-refractivity contribution in [3.63, 3.8) is 0 Å². The van der Waals surface area contributed by atoms with Gasteiger partial charge in [0.2, 0.25) is 0 Å². The zero-order valence-electron chi connectivity index (χ0n) is 23.9. The molecule has 1 radical (unpaired) electrons. The van der Waals surface area contributed by atoms with E-state index in [-0.39, 0.29) is 20.1 Å². The fraction of sp³-hybridized carbons (Fsp3) is 0. The number of fused-ring (bicyclic) bond motifs is 10. The largest absolute Gasteiger partial charge is 0.348 e. The molecule has 215 valence electrons. The van der Waals surface area contributed by atoms with Crippen LogP contribution in [0.5, 0.6) is 0 Å². The topological polar surface area (TPSA) is 30.2 Å². The second kappa shape index (κ2) is 11.2. The first kappa shape index (κ1) is 27.6. The maximum Gasteiger partial charge on any atom is 0.0634 e. The molecule has 5 aromatic carbocycles. The molecular weight excluding hydrogens is 747 g/mol. The van der Waals surface area contributed by atoms with Gasteiger partial charge in [0.05, 0.1) is 15.7 Å². The Morgan fingerprint density at radius 1 is 0.533 bits per heavy atom. The third-order valence-corrected chi connectivity index (χ3v) is 9.54. The molecule has 5 heteroatoms. The average molecular weight is 770 g/mol. The Morgan fingerprint density at radius 3 is 1.96 bits per heavy atom. The molecule has 0 saturated heterocycles.